The molecule has 6 rings (SSSR count). The Bertz CT molecular complexity index is 1780. The molecule has 1 aliphatic carbocycles. The monoisotopic (exact) mass is 660 g/mol. The molecule has 0 aliphatic heterocycles. The molecule has 7 heteroatoms. The number of phenolic OH excluding ortho intramolecular Hbond substituents is 5. The van der Waals surface area contributed by atoms with Crippen LogP contribution in [0.3, 0.4) is 0 Å². The summed E-state index contributed by atoms with van der Waals surface area (Å²) < 4.78 is 11.3. The third-order valence-electron chi connectivity index (χ3n) is 9.74. The lowest BCUT2D eigenvalue weighted by atomic mass is 9.81. The minimum absolute atomic E-state index is 0.129. The number of rotatable bonds is 11. The van der Waals surface area contributed by atoms with Crippen LogP contribution in [-0.4, -0.2) is 39.8 Å². The van der Waals surface area contributed by atoms with Crippen molar-refractivity contribution in [1.29, 1.82) is 0 Å². The van der Waals surface area contributed by atoms with Crippen molar-refractivity contribution >= 4 is 0 Å². The summed E-state index contributed by atoms with van der Waals surface area (Å²) in [6.07, 6.45) is 7.13. The summed E-state index contributed by atoms with van der Waals surface area (Å²) >= 11 is 0. The van der Waals surface area contributed by atoms with Gasteiger partial charge >= 0.3 is 0 Å². The minimum atomic E-state index is 0.129. The zero-order chi connectivity index (χ0) is 34.5. The number of aromatic hydroxyl groups is 5. The van der Waals surface area contributed by atoms with E-state index in [2.05, 4.69) is 12.1 Å². The fourth-order valence-corrected chi connectivity index (χ4v) is 7.04. The molecule has 0 heterocycles. The van der Waals surface area contributed by atoms with Crippen LogP contribution in [0.1, 0.15) is 88.1 Å². The Morgan fingerprint density at radius 1 is 0.469 bits per heavy atom. The molecule has 0 saturated heterocycles. The number of benzene rings is 5. The van der Waals surface area contributed by atoms with Crippen LogP contribution in [0.5, 0.6) is 40.2 Å². The van der Waals surface area contributed by atoms with Crippen LogP contribution >= 0.6 is 0 Å². The SMILES string of the molecule is COc1cc(Cc2ccc(O)cc2)c(O)c(Cc2cc(C3CCCCC3)cc(Cc3cc(OC)cc(Cc4ccc(O)cc4)c3O)c2O)c1. The van der Waals surface area contributed by atoms with E-state index in [4.69, 9.17) is 9.47 Å². The lowest BCUT2D eigenvalue weighted by Gasteiger charge is -2.24. The molecule has 5 aromatic rings. The van der Waals surface area contributed by atoms with Gasteiger partial charge in [0.15, 0.2) is 0 Å². The largest absolute Gasteiger partial charge is 0.508 e. The summed E-state index contributed by atoms with van der Waals surface area (Å²) in [6, 6.07) is 25.2. The fraction of sp³-hybridized carbons (Fsp3) is 0.286. The number of hydrogen-bond acceptors (Lipinski definition) is 7. The number of ether oxygens (including phenoxy) is 2. The molecule has 7 nitrogen and oxygen atoms in total. The van der Waals surface area contributed by atoms with E-state index in [1.807, 2.05) is 48.5 Å². The molecule has 0 bridgehead atoms. The average Bonchev–Trinajstić information content (AvgIpc) is 3.11. The second kappa shape index (κ2) is 14.9. The lowest BCUT2D eigenvalue weighted by molar-refractivity contribution is 0.409. The highest BCUT2D eigenvalue weighted by Gasteiger charge is 2.22. The van der Waals surface area contributed by atoms with Gasteiger partial charge in [0, 0.05) is 47.9 Å². The summed E-state index contributed by atoms with van der Waals surface area (Å²) in [7, 11) is 3.19. The van der Waals surface area contributed by atoms with Crippen molar-refractivity contribution in [3.63, 3.8) is 0 Å². The first-order valence-corrected chi connectivity index (χ1v) is 16.9. The molecule has 0 amide bonds. The van der Waals surface area contributed by atoms with Gasteiger partial charge in [-0.2, -0.15) is 0 Å². The Labute approximate surface area is 287 Å². The smallest absolute Gasteiger partial charge is 0.122 e. The highest BCUT2D eigenvalue weighted by atomic mass is 16.5. The highest BCUT2D eigenvalue weighted by molar-refractivity contribution is 5.56. The number of phenols is 5. The predicted molar refractivity (Wildman–Crippen MR) is 191 cm³/mol. The second-order valence-electron chi connectivity index (χ2n) is 13.2. The molecule has 1 aliphatic rings. The van der Waals surface area contributed by atoms with Crippen molar-refractivity contribution in [1.82, 2.24) is 0 Å². The molecule has 1 fully saturated rings. The molecule has 0 radical (unpaired) electrons. The van der Waals surface area contributed by atoms with E-state index >= 15 is 0 Å². The van der Waals surface area contributed by atoms with Gasteiger partial charge in [0.2, 0.25) is 0 Å². The fourth-order valence-electron chi connectivity index (χ4n) is 7.04. The zero-order valence-corrected chi connectivity index (χ0v) is 28.1. The van der Waals surface area contributed by atoms with Crippen molar-refractivity contribution in [3.8, 4) is 40.2 Å². The molecule has 0 aromatic heterocycles. The van der Waals surface area contributed by atoms with Crippen LogP contribution in [0.2, 0.25) is 0 Å². The second-order valence-corrected chi connectivity index (χ2v) is 13.2. The molecule has 254 valence electrons. The van der Waals surface area contributed by atoms with Gasteiger partial charge in [0.25, 0.3) is 0 Å². The maximum absolute atomic E-state index is 11.9. The first kappa shape index (κ1) is 33.6. The molecule has 1 saturated carbocycles. The summed E-state index contributed by atoms with van der Waals surface area (Å²) in [6.45, 7) is 0. The predicted octanol–water partition coefficient (Wildman–Crippen LogP) is 8.64. The molecule has 5 N–H and O–H groups in total. The minimum Gasteiger partial charge on any atom is -0.508 e. The summed E-state index contributed by atoms with van der Waals surface area (Å²) in [4.78, 5) is 0. The first-order valence-electron chi connectivity index (χ1n) is 16.9. The third kappa shape index (κ3) is 7.89. The van der Waals surface area contributed by atoms with E-state index < -0.39 is 0 Å². The lowest BCUT2D eigenvalue weighted by Crippen LogP contribution is -2.07. The van der Waals surface area contributed by atoms with E-state index in [-0.39, 0.29) is 41.6 Å². The van der Waals surface area contributed by atoms with Gasteiger partial charge in [0.1, 0.15) is 40.2 Å². The molecular formula is C42H44O7. The first-order chi connectivity index (χ1) is 23.7. The Balaban J connectivity index is 1.38. The van der Waals surface area contributed by atoms with E-state index in [9.17, 15) is 25.5 Å². The summed E-state index contributed by atoms with van der Waals surface area (Å²) in [5, 5.41) is 54.3. The summed E-state index contributed by atoms with van der Waals surface area (Å²) in [5.74, 6) is 2.34. The molecule has 5 aromatic carbocycles. The van der Waals surface area contributed by atoms with E-state index in [0.717, 1.165) is 42.4 Å². The molecule has 0 spiro atoms. The zero-order valence-electron chi connectivity index (χ0n) is 28.1. The highest BCUT2D eigenvalue weighted by Crippen LogP contribution is 2.41. The quantitative estimate of drug-likeness (QED) is 0.0962. The van der Waals surface area contributed by atoms with Crippen LogP contribution in [0, 0.1) is 0 Å². The molecule has 0 atom stereocenters. The summed E-state index contributed by atoms with van der Waals surface area (Å²) in [5.41, 5.74) is 7.05. The van der Waals surface area contributed by atoms with Gasteiger partial charge in [-0.1, -0.05) is 55.7 Å². The van der Waals surface area contributed by atoms with E-state index in [1.54, 1.807) is 38.5 Å². The average molecular weight is 661 g/mol. The van der Waals surface area contributed by atoms with Crippen LogP contribution in [-0.2, 0) is 25.7 Å². The Kier molecular flexibility index (Phi) is 10.2. The standard InChI is InChI=1S/C42H44O7/c1-48-38-22-30(16-26-8-12-36(43)13-9-26)40(45)34(24-38)20-32-18-29(28-6-4-3-5-7-28)19-33(42(32)47)21-35-25-39(49-2)23-31(41(35)46)17-27-10-14-37(44)15-11-27/h8-15,18-19,22-25,28,43-47H,3-7,16-17,20-21H2,1-2H3. The third-order valence-corrected chi connectivity index (χ3v) is 9.74. The molecule has 0 unspecified atom stereocenters. The van der Waals surface area contributed by atoms with Crippen LogP contribution < -0.4 is 9.47 Å². The molecular weight excluding hydrogens is 616 g/mol. The van der Waals surface area contributed by atoms with Gasteiger partial charge in [0.05, 0.1) is 14.2 Å². The van der Waals surface area contributed by atoms with Crippen molar-refractivity contribution in [2.24, 2.45) is 0 Å². The maximum atomic E-state index is 11.9. The topological polar surface area (TPSA) is 120 Å². The van der Waals surface area contributed by atoms with Gasteiger partial charge in [-0.3, -0.25) is 0 Å². The van der Waals surface area contributed by atoms with Crippen LogP contribution in [0.4, 0.5) is 0 Å². The van der Waals surface area contributed by atoms with Gasteiger partial charge in [-0.15, -0.1) is 0 Å². The van der Waals surface area contributed by atoms with Gasteiger partial charge in [-0.25, -0.2) is 0 Å². The normalized spacial score (nSPS) is 13.3. The van der Waals surface area contributed by atoms with E-state index in [0.29, 0.717) is 63.6 Å². The Morgan fingerprint density at radius 3 is 1.18 bits per heavy atom. The number of hydrogen-bond donors (Lipinski definition) is 5. The van der Waals surface area contributed by atoms with Gasteiger partial charge < -0.3 is 35.0 Å². The maximum Gasteiger partial charge on any atom is 0.122 e. The molecule has 49 heavy (non-hydrogen) atoms. The van der Waals surface area contributed by atoms with Crippen molar-refractivity contribution < 1.29 is 35.0 Å². The van der Waals surface area contributed by atoms with Gasteiger partial charge in [-0.05, 0) is 95.1 Å². The van der Waals surface area contributed by atoms with Crippen molar-refractivity contribution in [3.05, 3.63) is 135 Å². The van der Waals surface area contributed by atoms with Crippen molar-refractivity contribution in [2.45, 2.75) is 63.7 Å². The van der Waals surface area contributed by atoms with Crippen LogP contribution in [0.15, 0.2) is 84.9 Å². The van der Waals surface area contributed by atoms with Crippen LogP contribution in [0.25, 0.3) is 0 Å². The van der Waals surface area contributed by atoms with E-state index in [1.165, 1.54) is 6.42 Å². The Hall–Kier alpha value is -5.30. The number of methoxy groups -OCH3 is 2. The Morgan fingerprint density at radius 2 is 0.816 bits per heavy atom. The van der Waals surface area contributed by atoms with Crippen molar-refractivity contribution in [2.75, 3.05) is 14.2 Å².